The second kappa shape index (κ2) is 9.65. The van der Waals surface area contributed by atoms with E-state index in [4.69, 9.17) is 4.74 Å². The van der Waals surface area contributed by atoms with Crippen LogP contribution in [-0.2, 0) is 4.79 Å². The van der Waals surface area contributed by atoms with Gasteiger partial charge in [0, 0.05) is 48.9 Å². The molecule has 8 heteroatoms. The zero-order valence-corrected chi connectivity index (χ0v) is 19.7. The van der Waals surface area contributed by atoms with Gasteiger partial charge in [-0.15, -0.1) is 0 Å². The number of nitrogens with zero attached hydrogens (tertiary/aromatic N) is 2. The fourth-order valence-electron chi connectivity index (χ4n) is 4.53. The first-order chi connectivity index (χ1) is 17.5. The van der Waals surface area contributed by atoms with Crippen LogP contribution in [0, 0.1) is 5.82 Å². The number of ether oxygens (including phenoxy) is 1. The van der Waals surface area contributed by atoms with Crippen LogP contribution in [0.3, 0.4) is 0 Å². The molecule has 1 fully saturated rings. The minimum atomic E-state index is -0.783. The number of aromatic amines is 1. The van der Waals surface area contributed by atoms with Crippen molar-refractivity contribution in [2.75, 3.05) is 33.3 Å². The number of piperazine rings is 1. The van der Waals surface area contributed by atoms with Gasteiger partial charge in [0.15, 0.2) is 0 Å². The van der Waals surface area contributed by atoms with Gasteiger partial charge in [0.05, 0.1) is 18.2 Å². The standard InChI is InChI=1S/C28H24FN3O4/c1-36-20-9-7-18(8-10-20)21-11-12-23(29)24-22(17-30-25(21)24)26(33)28(35)32-15-13-31(14-16-32)27(34)19-5-3-2-4-6-19/h2-12,17,30H,13-16H2,1H3. The molecule has 182 valence electrons. The largest absolute Gasteiger partial charge is 0.497 e. The van der Waals surface area contributed by atoms with E-state index in [0.29, 0.717) is 35.5 Å². The maximum atomic E-state index is 14.9. The van der Waals surface area contributed by atoms with E-state index in [1.807, 2.05) is 18.2 Å². The van der Waals surface area contributed by atoms with Gasteiger partial charge < -0.3 is 19.5 Å². The van der Waals surface area contributed by atoms with Crippen molar-refractivity contribution in [3.63, 3.8) is 0 Å². The molecule has 0 spiro atoms. The molecule has 1 aliphatic heterocycles. The average Bonchev–Trinajstić information content (AvgIpc) is 3.39. The van der Waals surface area contributed by atoms with E-state index in [1.54, 1.807) is 54.5 Å². The van der Waals surface area contributed by atoms with Crippen LogP contribution in [0.5, 0.6) is 5.75 Å². The Morgan fingerprint density at radius 1 is 0.861 bits per heavy atom. The molecule has 0 radical (unpaired) electrons. The average molecular weight is 486 g/mol. The topological polar surface area (TPSA) is 82.7 Å². The molecule has 1 saturated heterocycles. The predicted octanol–water partition coefficient (Wildman–Crippen LogP) is 4.15. The predicted molar refractivity (Wildman–Crippen MR) is 134 cm³/mol. The van der Waals surface area contributed by atoms with Gasteiger partial charge in [-0.2, -0.15) is 0 Å². The Kier molecular flexibility index (Phi) is 6.25. The summed E-state index contributed by atoms with van der Waals surface area (Å²) in [6.45, 7) is 1.09. The highest BCUT2D eigenvalue weighted by molar-refractivity contribution is 6.45. The van der Waals surface area contributed by atoms with Crippen molar-refractivity contribution in [3.8, 4) is 16.9 Å². The third-order valence-corrected chi connectivity index (χ3v) is 6.50. The number of benzene rings is 3. The number of H-pyrrole nitrogens is 1. The van der Waals surface area contributed by atoms with E-state index in [0.717, 1.165) is 5.56 Å². The zero-order valence-electron chi connectivity index (χ0n) is 19.7. The van der Waals surface area contributed by atoms with Gasteiger partial charge in [-0.25, -0.2) is 4.39 Å². The highest BCUT2D eigenvalue weighted by atomic mass is 19.1. The molecule has 3 aromatic carbocycles. The van der Waals surface area contributed by atoms with Crippen molar-refractivity contribution in [2.24, 2.45) is 0 Å². The van der Waals surface area contributed by atoms with Crippen LogP contribution in [0.1, 0.15) is 20.7 Å². The summed E-state index contributed by atoms with van der Waals surface area (Å²) < 4.78 is 20.1. The minimum absolute atomic E-state index is 0.00865. The van der Waals surface area contributed by atoms with Gasteiger partial charge in [0.1, 0.15) is 11.6 Å². The summed E-state index contributed by atoms with van der Waals surface area (Å²) in [4.78, 5) is 44.9. The maximum Gasteiger partial charge on any atom is 0.295 e. The molecular weight excluding hydrogens is 461 g/mol. The first-order valence-corrected chi connectivity index (χ1v) is 11.6. The lowest BCUT2D eigenvalue weighted by atomic mass is 10.00. The molecule has 1 N–H and O–H groups in total. The van der Waals surface area contributed by atoms with Crippen molar-refractivity contribution in [3.05, 3.63) is 89.9 Å². The maximum absolute atomic E-state index is 14.9. The second-order valence-corrected chi connectivity index (χ2v) is 8.56. The normalized spacial score (nSPS) is 13.6. The summed E-state index contributed by atoms with van der Waals surface area (Å²) in [5.41, 5.74) is 2.52. The molecular formula is C28H24FN3O4. The summed E-state index contributed by atoms with van der Waals surface area (Å²) >= 11 is 0. The van der Waals surface area contributed by atoms with Crippen LogP contribution >= 0.6 is 0 Å². The van der Waals surface area contributed by atoms with Gasteiger partial charge >= 0.3 is 0 Å². The van der Waals surface area contributed by atoms with E-state index in [1.165, 1.54) is 17.2 Å². The lowest BCUT2D eigenvalue weighted by Gasteiger charge is -2.34. The molecule has 2 amide bonds. The number of hydrogen-bond donors (Lipinski definition) is 1. The Morgan fingerprint density at radius 3 is 2.19 bits per heavy atom. The van der Waals surface area contributed by atoms with Crippen LogP contribution in [0.2, 0.25) is 0 Å². The van der Waals surface area contributed by atoms with E-state index in [2.05, 4.69) is 4.98 Å². The van der Waals surface area contributed by atoms with Crippen LogP contribution in [0.4, 0.5) is 4.39 Å². The number of rotatable bonds is 5. The fraction of sp³-hybridized carbons (Fsp3) is 0.179. The molecule has 1 aliphatic rings. The summed E-state index contributed by atoms with van der Waals surface area (Å²) in [6.07, 6.45) is 1.39. The number of fused-ring (bicyclic) bond motifs is 1. The number of amides is 2. The number of ketones is 1. The van der Waals surface area contributed by atoms with Crippen molar-refractivity contribution < 1.29 is 23.5 Å². The third-order valence-electron chi connectivity index (χ3n) is 6.50. The quantitative estimate of drug-likeness (QED) is 0.340. The molecule has 1 aromatic heterocycles. The van der Waals surface area contributed by atoms with Crippen molar-refractivity contribution in [2.45, 2.75) is 0 Å². The number of hydrogen-bond acceptors (Lipinski definition) is 4. The van der Waals surface area contributed by atoms with Gasteiger partial charge in [0.2, 0.25) is 0 Å². The molecule has 0 aliphatic carbocycles. The van der Waals surface area contributed by atoms with Crippen LogP contribution in [0.25, 0.3) is 22.0 Å². The van der Waals surface area contributed by atoms with E-state index in [9.17, 15) is 18.8 Å². The van der Waals surface area contributed by atoms with Crippen LogP contribution in [-0.4, -0.2) is 65.7 Å². The van der Waals surface area contributed by atoms with Gasteiger partial charge in [-0.1, -0.05) is 30.3 Å². The summed E-state index contributed by atoms with van der Waals surface area (Å²) in [5, 5.41) is 0.0829. The first-order valence-electron chi connectivity index (χ1n) is 11.6. The Bertz CT molecular complexity index is 1440. The molecule has 2 heterocycles. The lowest BCUT2D eigenvalue weighted by molar-refractivity contribution is -0.127. The number of nitrogens with one attached hydrogen (secondary N) is 1. The number of aromatic nitrogens is 1. The molecule has 4 aromatic rings. The number of methoxy groups -OCH3 is 1. The molecule has 0 bridgehead atoms. The molecule has 5 rings (SSSR count). The first kappa shape index (κ1) is 23.3. The molecule has 0 atom stereocenters. The van der Waals surface area contributed by atoms with E-state index in [-0.39, 0.29) is 29.9 Å². The Labute approximate surface area is 207 Å². The summed E-state index contributed by atoms with van der Waals surface area (Å²) in [5.74, 6) is -1.50. The van der Waals surface area contributed by atoms with E-state index >= 15 is 0 Å². The Morgan fingerprint density at radius 2 is 1.53 bits per heavy atom. The third kappa shape index (κ3) is 4.22. The lowest BCUT2D eigenvalue weighted by Crippen LogP contribution is -2.52. The Hall–Kier alpha value is -4.46. The van der Waals surface area contributed by atoms with Crippen molar-refractivity contribution >= 4 is 28.5 Å². The number of carbonyl (C=O) groups excluding carboxylic acids is 3. The molecule has 0 unspecified atom stereocenters. The fourth-order valence-corrected chi connectivity index (χ4v) is 4.53. The monoisotopic (exact) mass is 485 g/mol. The number of carbonyl (C=O) groups is 3. The number of halogens is 1. The zero-order chi connectivity index (χ0) is 25.2. The number of Topliss-reactive ketones (excluding diaryl/α,β-unsaturated/α-hetero) is 1. The molecule has 36 heavy (non-hydrogen) atoms. The van der Waals surface area contributed by atoms with E-state index < -0.39 is 17.5 Å². The van der Waals surface area contributed by atoms with Crippen LogP contribution < -0.4 is 4.74 Å². The summed E-state index contributed by atoms with van der Waals surface area (Å²) in [6, 6.07) is 19.1. The minimum Gasteiger partial charge on any atom is -0.497 e. The molecule has 7 nitrogen and oxygen atoms in total. The second-order valence-electron chi connectivity index (χ2n) is 8.56. The van der Waals surface area contributed by atoms with Gasteiger partial charge in [-0.05, 0) is 42.0 Å². The Balaban J connectivity index is 1.35. The highest BCUT2D eigenvalue weighted by Crippen LogP contribution is 2.33. The van der Waals surface area contributed by atoms with Gasteiger partial charge in [-0.3, -0.25) is 14.4 Å². The van der Waals surface area contributed by atoms with Gasteiger partial charge in [0.25, 0.3) is 17.6 Å². The van der Waals surface area contributed by atoms with Crippen molar-refractivity contribution in [1.82, 2.24) is 14.8 Å². The SMILES string of the molecule is COc1ccc(-c2ccc(F)c3c(C(=O)C(=O)N4CCN(C(=O)c5ccccc5)CC4)c[nH]c23)cc1. The molecule has 0 saturated carbocycles. The summed E-state index contributed by atoms with van der Waals surface area (Å²) in [7, 11) is 1.58. The van der Waals surface area contributed by atoms with Crippen molar-refractivity contribution in [1.29, 1.82) is 0 Å². The van der Waals surface area contributed by atoms with Crippen LogP contribution in [0.15, 0.2) is 72.9 Å². The highest BCUT2D eigenvalue weighted by Gasteiger charge is 2.31. The smallest absolute Gasteiger partial charge is 0.295 e.